The highest BCUT2D eigenvalue weighted by atomic mass is 16.2. The first-order chi connectivity index (χ1) is 12.5. The number of benzene rings is 1. The summed E-state index contributed by atoms with van der Waals surface area (Å²) in [6, 6.07) is 6.72. The van der Waals surface area contributed by atoms with Crippen molar-refractivity contribution in [3.63, 3.8) is 0 Å². The van der Waals surface area contributed by atoms with Crippen LogP contribution in [-0.2, 0) is 9.59 Å². The summed E-state index contributed by atoms with van der Waals surface area (Å²) in [5, 5.41) is 12.6. The second kappa shape index (κ2) is 6.43. The van der Waals surface area contributed by atoms with Crippen LogP contribution in [0.4, 0.5) is 10.5 Å². The van der Waals surface area contributed by atoms with E-state index in [-0.39, 0.29) is 24.4 Å². The van der Waals surface area contributed by atoms with Gasteiger partial charge in [0.05, 0.1) is 6.17 Å². The molecule has 9 heteroatoms. The summed E-state index contributed by atoms with van der Waals surface area (Å²) < 4.78 is 0. The van der Waals surface area contributed by atoms with E-state index in [9.17, 15) is 14.4 Å². The van der Waals surface area contributed by atoms with Crippen LogP contribution in [0.5, 0.6) is 0 Å². The van der Waals surface area contributed by atoms with Gasteiger partial charge in [-0.05, 0) is 30.0 Å². The maximum absolute atomic E-state index is 12.2. The lowest BCUT2D eigenvalue weighted by Gasteiger charge is -2.32. The summed E-state index contributed by atoms with van der Waals surface area (Å²) in [6.45, 7) is 0. The highest BCUT2D eigenvalue weighted by molar-refractivity contribution is 6.00. The zero-order chi connectivity index (χ0) is 18.3. The fourth-order valence-electron chi connectivity index (χ4n) is 3.40. The maximum Gasteiger partial charge on any atom is 0.325 e. The monoisotopic (exact) mass is 356 g/mol. The first-order valence-electron chi connectivity index (χ1n) is 8.48. The van der Waals surface area contributed by atoms with Crippen molar-refractivity contribution in [1.82, 2.24) is 25.8 Å². The minimum Gasteiger partial charge on any atom is -0.361 e. The van der Waals surface area contributed by atoms with Crippen molar-refractivity contribution >= 4 is 34.4 Å². The number of nitrogens with zero attached hydrogens (tertiary/aromatic N) is 1. The molecule has 0 aliphatic carbocycles. The number of carbonyl (C=O) groups is 3. The van der Waals surface area contributed by atoms with Gasteiger partial charge in [0.15, 0.2) is 0 Å². The number of hydrogen-bond acceptors (Lipinski definition) is 5. The number of carbonyl (C=O) groups excluding carboxylic acids is 3. The van der Waals surface area contributed by atoms with E-state index in [4.69, 9.17) is 0 Å². The van der Waals surface area contributed by atoms with E-state index in [1.54, 1.807) is 7.05 Å². The smallest absolute Gasteiger partial charge is 0.325 e. The number of H-pyrrole nitrogens is 1. The Morgan fingerprint density at radius 3 is 2.92 bits per heavy atom. The third-order valence-corrected chi connectivity index (χ3v) is 4.82. The highest BCUT2D eigenvalue weighted by Gasteiger charge is 2.45. The first-order valence-corrected chi connectivity index (χ1v) is 8.48. The molecule has 136 valence electrons. The van der Waals surface area contributed by atoms with E-state index in [0.29, 0.717) is 6.42 Å². The van der Waals surface area contributed by atoms with Gasteiger partial charge >= 0.3 is 6.03 Å². The third-order valence-electron chi connectivity index (χ3n) is 4.82. The third kappa shape index (κ3) is 3.02. The second-order valence-electron chi connectivity index (χ2n) is 6.58. The van der Waals surface area contributed by atoms with Crippen molar-refractivity contribution in [3.05, 3.63) is 30.5 Å². The van der Waals surface area contributed by atoms with Crippen LogP contribution in [0.15, 0.2) is 30.5 Å². The minimum atomic E-state index is -0.513. The van der Waals surface area contributed by atoms with Crippen molar-refractivity contribution in [1.29, 1.82) is 0 Å². The highest BCUT2D eigenvalue weighted by Crippen LogP contribution is 2.19. The van der Waals surface area contributed by atoms with E-state index in [1.165, 1.54) is 4.90 Å². The van der Waals surface area contributed by atoms with Crippen molar-refractivity contribution < 1.29 is 14.4 Å². The standard InChI is InChI=1S/C17H20N6O3/c1-23-15-14(16(25)22-17(23)26)20-12(21-15)4-5-13(24)19-10-3-2-9-6-7-18-11(9)8-10/h2-3,6-8,12,14-15,18,20-21H,4-5H2,1H3,(H,19,24)(H,22,25,26). The molecule has 4 rings (SSSR count). The van der Waals surface area contributed by atoms with Gasteiger partial charge in [-0.15, -0.1) is 0 Å². The van der Waals surface area contributed by atoms with E-state index >= 15 is 0 Å². The van der Waals surface area contributed by atoms with Gasteiger partial charge in [-0.1, -0.05) is 6.07 Å². The van der Waals surface area contributed by atoms with Crippen molar-refractivity contribution in [2.45, 2.75) is 31.2 Å². The zero-order valence-corrected chi connectivity index (χ0v) is 14.2. The molecule has 2 aromatic rings. The van der Waals surface area contributed by atoms with Gasteiger partial charge < -0.3 is 15.2 Å². The maximum atomic E-state index is 12.2. The number of aromatic nitrogens is 1. The molecule has 3 heterocycles. The molecule has 3 atom stereocenters. The van der Waals surface area contributed by atoms with Crippen LogP contribution >= 0.6 is 0 Å². The normalized spacial score (nSPS) is 25.3. The van der Waals surface area contributed by atoms with E-state index < -0.39 is 18.2 Å². The van der Waals surface area contributed by atoms with Crippen LogP contribution < -0.4 is 21.3 Å². The minimum absolute atomic E-state index is 0.108. The average molecular weight is 356 g/mol. The Labute approximate surface area is 149 Å². The molecular formula is C17H20N6O3. The molecule has 2 saturated heterocycles. The summed E-state index contributed by atoms with van der Waals surface area (Å²) in [7, 11) is 1.62. The van der Waals surface area contributed by atoms with Crippen LogP contribution in [0, 0.1) is 0 Å². The topological polar surface area (TPSA) is 118 Å². The van der Waals surface area contributed by atoms with Crippen molar-refractivity contribution in [2.24, 2.45) is 0 Å². The number of aromatic amines is 1. The summed E-state index contributed by atoms with van der Waals surface area (Å²) in [5.74, 6) is -0.458. The SMILES string of the molecule is CN1C(=O)NC(=O)C2NC(CCC(=O)Nc3ccc4cc[nH]c4c3)NC21. The van der Waals surface area contributed by atoms with Crippen LogP contribution in [0.3, 0.4) is 0 Å². The Morgan fingerprint density at radius 1 is 1.23 bits per heavy atom. The van der Waals surface area contributed by atoms with Gasteiger partial charge in [0.2, 0.25) is 11.8 Å². The molecular weight excluding hydrogens is 336 g/mol. The molecule has 1 aromatic heterocycles. The molecule has 5 N–H and O–H groups in total. The Balaban J connectivity index is 1.32. The number of rotatable bonds is 4. The fraction of sp³-hybridized carbons (Fsp3) is 0.353. The number of hydrogen-bond donors (Lipinski definition) is 5. The molecule has 0 spiro atoms. The van der Waals surface area contributed by atoms with E-state index in [2.05, 4.69) is 26.3 Å². The molecule has 2 aliphatic heterocycles. The molecule has 0 saturated carbocycles. The quantitative estimate of drug-likeness (QED) is 0.539. The Hall–Kier alpha value is -2.91. The molecule has 2 fully saturated rings. The number of nitrogens with one attached hydrogen (secondary N) is 5. The van der Waals surface area contributed by atoms with E-state index in [1.807, 2.05) is 30.5 Å². The zero-order valence-electron chi connectivity index (χ0n) is 14.2. The van der Waals surface area contributed by atoms with Crippen molar-refractivity contribution in [2.75, 3.05) is 12.4 Å². The number of urea groups is 1. The lowest BCUT2D eigenvalue weighted by molar-refractivity contribution is -0.124. The molecule has 2 aliphatic rings. The summed E-state index contributed by atoms with van der Waals surface area (Å²) in [5.41, 5.74) is 1.69. The lowest BCUT2D eigenvalue weighted by atomic mass is 10.2. The predicted octanol–water partition coefficient (Wildman–Crippen LogP) is 0.282. The molecule has 4 amide bonds. The molecule has 1 aromatic carbocycles. The largest absolute Gasteiger partial charge is 0.361 e. The lowest BCUT2D eigenvalue weighted by Crippen LogP contribution is -2.64. The van der Waals surface area contributed by atoms with Gasteiger partial charge in [-0.3, -0.25) is 25.5 Å². The predicted molar refractivity (Wildman–Crippen MR) is 95.1 cm³/mol. The number of fused-ring (bicyclic) bond motifs is 2. The van der Waals surface area contributed by atoms with Gasteiger partial charge in [-0.25, -0.2) is 4.79 Å². The molecule has 9 nitrogen and oxygen atoms in total. The number of anilines is 1. The summed E-state index contributed by atoms with van der Waals surface area (Å²) in [6.07, 6.45) is 2.01. The van der Waals surface area contributed by atoms with Gasteiger partial charge in [0.1, 0.15) is 12.2 Å². The molecule has 0 bridgehead atoms. The summed E-state index contributed by atoms with van der Waals surface area (Å²) >= 11 is 0. The Morgan fingerprint density at radius 2 is 2.08 bits per heavy atom. The number of amides is 4. The second-order valence-corrected chi connectivity index (χ2v) is 6.58. The molecule has 26 heavy (non-hydrogen) atoms. The number of likely N-dealkylation sites (N-methyl/N-ethyl adjacent to an activating group) is 1. The molecule has 3 unspecified atom stereocenters. The van der Waals surface area contributed by atoms with Crippen LogP contribution in [0.2, 0.25) is 0 Å². The van der Waals surface area contributed by atoms with Crippen LogP contribution in [-0.4, -0.2) is 53.2 Å². The van der Waals surface area contributed by atoms with Gasteiger partial charge in [-0.2, -0.15) is 0 Å². The first kappa shape index (κ1) is 16.6. The van der Waals surface area contributed by atoms with E-state index in [0.717, 1.165) is 16.6 Å². The van der Waals surface area contributed by atoms with Gasteiger partial charge in [0.25, 0.3) is 0 Å². The Kier molecular flexibility index (Phi) is 4.09. The Bertz CT molecular complexity index is 878. The fourth-order valence-corrected chi connectivity index (χ4v) is 3.40. The summed E-state index contributed by atoms with van der Waals surface area (Å²) in [4.78, 5) is 40.3. The van der Waals surface area contributed by atoms with Crippen LogP contribution in [0.1, 0.15) is 12.8 Å². The average Bonchev–Trinajstić information content (AvgIpc) is 3.24. The van der Waals surface area contributed by atoms with Crippen LogP contribution in [0.25, 0.3) is 10.9 Å². The van der Waals surface area contributed by atoms with Crippen molar-refractivity contribution in [3.8, 4) is 0 Å². The number of imide groups is 1. The van der Waals surface area contributed by atoms with Gasteiger partial charge in [0, 0.05) is 30.9 Å². The molecule has 0 radical (unpaired) electrons.